The molecule has 5 nitrogen and oxygen atoms in total. The Morgan fingerprint density at radius 1 is 1.29 bits per heavy atom. The minimum absolute atomic E-state index is 0.224. The summed E-state index contributed by atoms with van der Waals surface area (Å²) in [6.07, 6.45) is 10.8. The Kier molecular flexibility index (Phi) is 6.60. The van der Waals surface area contributed by atoms with Crippen LogP contribution in [-0.4, -0.2) is 35.7 Å². The van der Waals surface area contributed by atoms with Gasteiger partial charge in [-0.25, -0.2) is 0 Å². The van der Waals surface area contributed by atoms with Crippen LogP contribution in [0.4, 0.5) is 0 Å². The number of hydrogen-bond donors (Lipinski definition) is 0. The first-order chi connectivity index (χ1) is 11.6. The van der Waals surface area contributed by atoms with E-state index >= 15 is 0 Å². The van der Waals surface area contributed by atoms with Crippen LogP contribution < -0.4 is 0 Å². The second-order valence-corrected chi connectivity index (χ2v) is 6.40. The molecule has 0 N–H and O–H groups in total. The lowest BCUT2D eigenvalue weighted by Gasteiger charge is -2.48. The number of ether oxygens (including phenoxy) is 1. The van der Waals surface area contributed by atoms with E-state index in [1.165, 1.54) is 5.57 Å². The number of carbonyl (C=O) groups excluding carboxylic acids is 2. The van der Waals surface area contributed by atoms with Crippen molar-refractivity contribution in [1.82, 2.24) is 5.06 Å². The molecule has 1 fully saturated rings. The first-order valence-electron chi connectivity index (χ1n) is 9.08. The van der Waals surface area contributed by atoms with Gasteiger partial charge >= 0.3 is 11.9 Å². The van der Waals surface area contributed by atoms with E-state index in [9.17, 15) is 9.59 Å². The molecule has 0 bridgehead atoms. The van der Waals surface area contributed by atoms with Crippen molar-refractivity contribution in [1.29, 1.82) is 0 Å². The highest BCUT2D eigenvalue weighted by atomic mass is 16.7. The molecule has 0 amide bonds. The third-order valence-electron chi connectivity index (χ3n) is 4.96. The molecule has 0 aromatic heterocycles. The molecule has 134 valence electrons. The van der Waals surface area contributed by atoms with E-state index in [0.29, 0.717) is 25.5 Å². The fourth-order valence-electron chi connectivity index (χ4n) is 3.91. The molecule has 0 radical (unpaired) electrons. The van der Waals surface area contributed by atoms with Crippen molar-refractivity contribution in [2.45, 2.75) is 64.8 Å². The van der Waals surface area contributed by atoms with Gasteiger partial charge in [0, 0.05) is 13.0 Å². The van der Waals surface area contributed by atoms with Gasteiger partial charge in [0.25, 0.3) is 0 Å². The number of hydrogen-bond acceptors (Lipinski definition) is 5. The second kappa shape index (κ2) is 8.47. The second-order valence-electron chi connectivity index (χ2n) is 6.40. The summed E-state index contributed by atoms with van der Waals surface area (Å²) in [4.78, 5) is 29.9. The van der Waals surface area contributed by atoms with E-state index in [2.05, 4.69) is 12.2 Å². The van der Waals surface area contributed by atoms with Crippen LogP contribution in [0.3, 0.4) is 0 Å². The van der Waals surface area contributed by atoms with E-state index in [1.54, 1.807) is 12.0 Å². The van der Waals surface area contributed by atoms with Crippen LogP contribution in [0.2, 0.25) is 0 Å². The number of esters is 1. The first-order valence-corrected chi connectivity index (χ1v) is 9.08. The minimum atomic E-state index is -0.584. The van der Waals surface area contributed by atoms with Crippen molar-refractivity contribution in [2.24, 2.45) is 5.92 Å². The highest BCUT2D eigenvalue weighted by molar-refractivity contribution is 5.72. The number of allylic oxidation sites excluding steroid dienone is 3. The van der Waals surface area contributed by atoms with Crippen molar-refractivity contribution >= 4 is 11.9 Å². The molecule has 1 saturated carbocycles. The van der Waals surface area contributed by atoms with Gasteiger partial charge in [0.05, 0.1) is 18.6 Å². The Labute approximate surface area is 144 Å². The zero-order valence-electron chi connectivity index (χ0n) is 15.0. The number of nitrogens with zero attached hydrogens (tertiary/aromatic N) is 1. The van der Waals surface area contributed by atoms with Crippen molar-refractivity contribution < 1.29 is 19.2 Å². The monoisotopic (exact) mass is 335 g/mol. The van der Waals surface area contributed by atoms with Crippen molar-refractivity contribution in [3.8, 4) is 0 Å². The molecule has 0 spiro atoms. The van der Waals surface area contributed by atoms with Gasteiger partial charge in [0.2, 0.25) is 0 Å². The van der Waals surface area contributed by atoms with E-state index in [-0.39, 0.29) is 18.4 Å². The molecule has 5 heteroatoms. The van der Waals surface area contributed by atoms with Gasteiger partial charge in [-0.2, -0.15) is 0 Å². The number of fused-ring (bicyclic) bond motifs is 1. The average Bonchev–Trinajstić information content (AvgIpc) is 2.59. The lowest BCUT2D eigenvalue weighted by molar-refractivity contribution is -0.222. The van der Waals surface area contributed by atoms with Crippen LogP contribution in [0.15, 0.2) is 23.8 Å². The summed E-state index contributed by atoms with van der Waals surface area (Å²) < 4.78 is 5.22. The molecule has 0 aliphatic heterocycles. The number of carbonyl (C=O) groups is 2. The van der Waals surface area contributed by atoms with Gasteiger partial charge in [-0.3, -0.25) is 9.59 Å². The maximum Gasteiger partial charge on any atom is 0.324 e. The SMILES string of the molecule is CCOC(=O)C[C@@]1(N(CC)OC(=O)CC)CCCC2CC=CC=C21. The van der Waals surface area contributed by atoms with E-state index in [1.807, 2.05) is 19.9 Å². The largest absolute Gasteiger partial charge is 0.466 e. The zero-order valence-corrected chi connectivity index (χ0v) is 15.0. The fraction of sp³-hybridized carbons (Fsp3) is 0.684. The maximum absolute atomic E-state index is 12.3. The summed E-state index contributed by atoms with van der Waals surface area (Å²) >= 11 is 0. The summed E-state index contributed by atoms with van der Waals surface area (Å²) in [5.74, 6) is -0.0960. The molecule has 0 aromatic carbocycles. The third kappa shape index (κ3) is 3.89. The minimum Gasteiger partial charge on any atom is -0.466 e. The van der Waals surface area contributed by atoms with Gasteiger partial charge in [-0.15, -0.1) is 5.06 Å². The Morgan fingerprint density at radius 3 is 2.75 bits per heavy atom. The number of hydroxylamine groups is 2. The van der Waals surface area contributed by atoms with E-state index in [4.69, 9.17) is 9.57 Å². The van der Waals surface area contributed by atoms with Crippen molar-refractivity contribution in [2.75, 3.05) is 13.2 Å². The topological polar surface area (TPSA) is 55.8 Å². The van der Waals surface area contributed by atoms with Crippen LogP contribution in [0.25, 0.3) is 0 Å². The third-order valence-corrected chi connectivity index (χ3v) is 4.96. The van der Waals surface area contributed by atoms with E-state index < -0.39 is 5.54 Å². The molecule has 0 heterocycles. The molecular formula is C19H29NO4. The summed E-state index contributed by atoms with van der Waals surface area (Å²) in [7, 11) is 0. The van der Waals surface area contributed by atoms with Gasteiger partial charge in [0.1, 0.15) is 0 Å². The molecule has 0 aromatic rings. The predicted octanol–water partition coefficient (Wildman–Crippen LogP) is 3.55. The van der Waals surface area contributed by atoms with Crippen molar-refractivity contribution in [3.05, 3.63) is 23.8 Å². The Balaban J connectivity index is 2.39. The molecule has 2 atom stereocenters. The molecular weight excluding hydrogens is 306 g/mol. The quantitative estimate of drug-likeness (QED) is 0.526. The van der Waals surface area contributed by atoms with Crippen LogP contribution in [-0.2, 0) is 19.2 Å². The van der Waals surface area contributed by atoms with Crippen molar-refractivity contribution in [3.63, 3.8) is 0 Å². The predicted molar refractivity (Wildman–Crippen MR) is 91.9 cm³/mol. The number of likely N-dealkylation sites (N-methyl/N-ethyl adjacent to an activating group) is 1. The van der Waals surface area contributed by atoms with Crippen LogP contribution >= 0.6 is 0 Å². The number of rotatable bonds is 7. The van der Waals surface area contributed by atoms with Crippen LogP contribution in [0, 0.1) is 5.92 Å². The van der Waals surface area contributed by atoms with Crippen LogP contribution in [0.1, 0.15) is 59.3 Å². The molecule has 24 heavy (non-hydrogen) atoms. The van der Waals surface area contributed by atoms with Gasteiger partial charge in [-0.05, 0) is 44.6 Å². The maximum atomic E-state index is 12.3. The van der Waals surface area contributed by atoms with E-state index in [0.717, 1.165) is 25.7 Å². The Hall–Kier alpha value is -1.62. The van der Waals surface area contributed by atoms with Gasteiger partial charge < -0.3 is 9.57 Å². The Morgan fingerprint density at radius 2 is 2.08 bits per heavy atom. The van der Waals surface area contributed by atoms with Gasteiger partial charge in [-0.1, -0.05) is 31.6 Å². The van der Waals surface area contributed by atoms with Crippen LogP contribution in [0.5, 0.6) is 0 Å². The standard InChI is InChI=1S/C19H29NO4/c1-4-17(21)24-20(5-2)19(14-18(22)23-6-3)13-9-11-15-10-7-8-12-16(15)19/h7-8,12,15H,4-6,9-11,13-14H2,1-3H3/t15?,19-/m0/s1. The molecule has 2 rings (SSSR count). The smallest absolute Gasteiger partial charge is 0.324 e. The fourth-order valence-corrected chi connectivity index (χ4v) is 3.91. The first kappa shape index (κ1) is 18.7. The summed E-state index contributed by atoms with van der Waals surface area (Å²) in [5.41, 5.74) is 0.620. The zero-order chi connectivity index (χ0) is 17.6. The molecule has 2 aliphatic rings. The molecule has 1 unspecified atom stereocenters. The Bertz CT molecular complexity index is 525. The lowest BCUT2D eigenvalue weighted by atomic mass is 9.67. The highest BCUT2D eigenvalue weighted by Gasteiger charge is 2.48. The summed E-state index contributed by atoms with van der Waals surface area (Å²) in [6.45, 7) is 6.45. The lowest BCUT2D eigenvalue weighted by Crippen LogP contribution is -2.55. The molecule has 2 aliphatic carbocycles. The average molecular weight is 335 g/mol. The van der Waals surface area contributed by atoms with Gasteiger partial charge in [0.15, 0.2) is 0 Å². The normalized spacial score (nSPS) is 25.8. The summed E-state index contributed by atoms with van der Waals surface area (Å²) in [6, 6.07) is 0. The summed E-state index contributed by atoms with van der Waals surface area (Å²) in [5, 5.41) is 1.73. The highest BCUT2D eigenvalue weighted by Crippen LogP contribution is 2.46. The molecule has 0 saturated heterocycles.